The van der Waals surface area contributed by atoms with Gasteiger partial charge in [-0.15, -0.1) is 0 Å². The van der Waals surface area contributed by atoms with E-state index in [0.29, 0.717) is 25.0 Å². The van der Waals surface area contributed by atoms with Gasteiger partial charge in [0.25, 0.3) is 0 Å². The molecule has 0 aromatic carbocycles. The third-order valence-corrected chi connectivity index (χ3v) is 2.90. The van der Waals surface area contributed by atoms with Crippen molar-refractivity contribution in [3.63, 3.8) is 0 Å². The first kappa shape index (κ1) is 13.5. The Bertz CT molecular complexity index is 235. The Hall–Kier alpha value is -0.610. The number of ether oxygens (including phenoxy) is 1. The Morgan fingerprint density at radius 3 is 2.69 bits per heavy atom. The summed E-state index contributed by atoms with van der Waals surface area (Å²) in [5.41, 5.74) is 5.28. The number of rotatable bonds is 7. The van der Waals surface area contributed by atoms with Crippen LogP contribution in [0, 0.1) is 11.8 Å². The molecule has 1 saturated carbocycles. The predicted molar refractivity (Wildman–Crippen MR) is 64.0 cm³/mol. The molecule has 0 aliphatic heterocycles. The van der Waals surface area contributed by atoms with Crippen LogP contribution in [0.4, 0.5) is 0 Å². The van der Waals surface area contributed by atoms with Crippen LogP contribution in [0.2, 0.25) is 0 Å². The maximum Gasteiger partial charge on any atom is 0.240 e. The van der Waals surface area contributed by atoms with E-state index in [1.165, 1.54) is 0 Å². The molecular formula is C12H24N2O2. The highest BCUT2D eigenvalue weighted by Gasteiger charge is 2.43. The number of hydrogen-bond donors (Lipinski definition) is 2. The van der Waals surface area contributed by atoms with E-state index in [-0.39, 0.29) is 5.91 Å². The number of nitrogens with two attached hydrogens (primary N) is 1. The van der Waals surface area contributed by atoms with Gasteiger partial charge in [-0.25, -0.2) is 0 Å². The van der Waals surface area contributed by atoms with Crippen LogP contribution in [0.25, 0.3) is 0 Å². The second-order valence-corrected chi connectivity index (χ2v) is 5.28. The van der Waals surface area contributed by atoms with Crippen LogP contribution < -0.4 is 11.1 Å². The first-order valence-electron chi connectivity index (χ1n) is 6.09. The van der Waals surface area contributed by atoms with Gasteiger partial charge in [0.05, 0.1) is 12.1 Å². The summed E-state index contributed by atoms with van der Waals surface area (Å²) in [6.45, 7) is 7.86. The summed E-state index contributed by atoms with van der Waals surface area (Å²) in [6.07, 6.45) is 2.15. The molecule has 1 aliphatic rings. The average molecular weight is 228 g/mol. The highest BCUT2D eigenvalue weighted by atomic mass is 16.5. The van der Waals surface area contributed by atoms with Gasteiger partial charge in [-0.1, -0.05) is 13.8 Å². The maximum absolute atomic E-state index is 11.8. The fraction of sp³-hybridized carbons (Fsp3) is 0.917. The second-order valence-electron chi connectivity index (χ2n) is 5.28. The van der Waals surface area contributed by atoms with E-state index in [4.69, 9.17) is 10.5 Å². The van der Waals surface area contributed by atoms with Crippen molar-refractivity contribution in [3.8, 4) is 0 Å². The van der Waals surface area contributed by atoms with Gasteiger partial charge in [-0.2, -0.15) is 0 Å². The van der Waals surface area contributed by atoms with Crippen LogP contribution >= 0.6 is 0 Å². The van der Waals surface area contributed by atoms with E-state index >= 15 is 0 Å². The molecule has 4 nitrogen and oxygen atoms in total. The van der Waals surface area contributed by atoms with Crippen molar-refractivity contribution in [2.24, 2.45) is 17.6 Å². The van der Waals surface area contributed by atoms with Crippen molar-refractivity contribution in [2.75, 3.05) is 19.8 Å². The molecule has 1 amide bonds. The van der Waals surface area contributed by atoms with Crippen LogP contribution in [0.1, 0.15) is 33.6 Å². The van der Waals surface area contributed by atoms with Crippen molar-refractivity contribution in [1.29, 1.82) is 0 Å². The third kappa shape index (κ3) is 4.10. The summed E-state index contributed by atoms with van der Waals surface area (Å²) in [5.74, 6) is 0.842. The lowest BCUT2D eigenvalue weighted by Gasteiger charge is -2.23. The van der Waals surface area contributed by atoms with Gasteiger partial charge in [0.2, 0.25) is 5.91 Å². The lowest BCUT2D eigenvalue weighted by Crippen LogP contribution is -2.53. The molecule has 1 atom stereocenters. The third-order valence-electron chi connectivity index (χ3n) is 2.90. The lowest BCUT2D eigenvalue weighted by atomic mass is 9.96. The first-order chi connectivity index (χ1) is 7.44. The molecule has 0 bridgehead atoms. The second kappa shape index (κ2) is 5.64. The van der Waals surface area contributed by atoms with Crippen molar-refractivity contribution >= 4 is 5.91 Å². The Balaban J connectivity index is 2.10. The Labute approximate surface area is 97.9 Å². The van der Waals surface area contributed by atoms with E-state index in [2.05, 4.69) is 19.2 Å². The summed E-state index contributed by atoms with van der Waals surface area (Å²) in [7, 11) is 0. The van der Waals surface area contributed by atoms with Gasteiger partial charge in [-0.3, -0.25) is 4.79 Å². The van der Waals surface area contributed by atoms with Crippen LogP contribution in [-0.4, -0.2) is 31.2 Å². The van der Waals surface area contributed by atoms with Gasteiger partial charge < -0.3 is 15.8 Å². The molecule has 1 unspecified atom stereocenters. The summed E-state index contributed by atoms with van der Waals surface area (Å²) in [6, 6.07) is 0. The van der Waals surface area contributed by atoms with Crippen molar-refractivity contribution in [1.82, 2.24) is 5.32 Å². The van der Waals surface area contributed by atoms with Gasteiger partial charge in [0.1, 0.15) is 0 Å². The number of carbonyl (C=O) groups excluding carboxylic acids is 1. The standard InChI is InChI=1S/C12H24N2O2/c1-9(2)8-16-7-6-14-11(15)12(3,13)10-4-5-10/h9-10H,4-8,13H2,1-3H3,(H,14,15). The van der Waals surface area contributed by atoms with Gasteiger partial charge >= 0.3 is 0 Å². The molecule has 1 fully saturated rings. The molecule has 94 valence electrons. The molecule has 1 rings (SSSR count). The largest absolute Gasteiger partial charge is 0.379 e. The average Bonchev–Trinajstić information content (AvgIpc) is 2.99. The van der Waals surface area contributed by atoms with Crippen molar-refractivity contribution in [3.05, 3.63) is 0 Å². The molecule has 0 saturated heterocycles. The lowest BCUT2D eigenvalue weighted by molar-refractivity contribution is -0.126. The Morgan fingerprint density at radius 1 is 1.56 bits per heavy atom. The molecule has 16 heavy (non-hydrogen) atoms. The Kier molecular flexibility index (Phi) is 4.74. The van der Waals surface area contributed by atoms with E-state index in [0.717, 1.165) is 19.4 Å². The molecule has 1 aliphatic carbocycles. The fourth-order valence-electron chi connectivity index (χ4n) is 1.61. The molecule has 0 spiro atoms. The molecule has 4 heteroatoms. The van der Waals surface area contributed by atoms with E-state index in [9.17, 15) is 4.79 Å². The first-order valence-corrected chi connectivity index (χ1v) is 6.09. The zero-order valence-electron chi connectivity index (χ0n) is 10.6. The van der Waals surface area contributed by atoms with Crippen LogP contribution in [-0.2, 0) is 9.53 Å². The number of carbonyl (C=O) groups is 1. The summed E-state index contributed by atoms with van der Waals surface area (Å²) >= 11 is 0. The van der Waals surface area contributed by atoms with Crippen molar-refractivity contribution < 1.29 is 9.53 Å². The molecule has 0 aromatic rings. The zero-order valence-corrected chi connectivity index (χ0v) is 10.6. The van der Waals surface area contributed by atoms with E-state index in [1.54, 1.807) is 0 Å². The summed E-state index contributed by atoms with van der Waals surface area (Å²) < 4.78 is 5.38. The topological polar surface area (TPSA) is 64.3 Å². The van der Waals surface area contributed by atoms with Crippen molar-refractivity contribution in [2.45, 2.75) is 39.2 Å². The number of hydrogen-bond acceptors (Lipinski definition) is 3. The molecular weight excluding hydrogens is 204 g/mol. The van der Waals surface area contributed by atoms with E-state index < -0.39 is 5.54 Å². The number of nitrogens with one attached hydrogen (secondary N) is 1. The minimum Gasteiger partial charge on any atom is -0.379 e. The van der Waals surface area contributed by atoms with E-state index in [1.807, 2.05) is 6.92 Å². The number of amides is 1. The SMILES string of the molecule is CC(C)COCCNC(=O)C(C)(N)C1CC1. The smallest absolute Gasteiger partial charge is 0.240 e. The molecule has 0 heterocycles. The monoisotopic (exact) mass is 228 g/mol. The van der Waals surface area contributed by atoms with Gasteiger partial charge in [-0.05, 0) is 31.6 Å². The molecule has 0 aromatic heterocycles. The van der Waals surface area contributed by atoms with Gasteiger partial charge in [0, 0.05) is 13.2 Å². The quantitative estimate of drug-likeness (QED) is 0.636. The summed E-state index contributed by atoms with van der Waals surface area (Å²) in [5, 5.41) is 2.83. The van der Waals surface area contributed by atoms with Crippen LogP contribution in [0.3, 0.4) is 0 Å². The predicted octanol–water partition coefficient (Wildman–Crippen LogP) is 0.903. The minimum absolute atomic E-state index is 0.0526. The Morgan fingerprint density at radius 2 is 2.19 bits per heavy atom. The highest BCUT2D eigenvalue weighted by Crippen LogP contribution is 2.37. The van der Waals surface area contributed by atoms with Crippen LogP contribution in [0.15, 0.2) is 0 Å². The fourth-order valence-corrected chi connectivity index (χ4v) is 1.61. The summed E-state index contributed by atoms with van der Waals surface area (Å²) in [4.78, 5) is 11.8. The maximum atomic E-state index is 11.8. The minimum atomic E-state index is -0.696. The zero-order chi connectivity index (χ0) is 12.2. The molecule has 0 radical (unpaired) electrons. The highest BCUT2D eigenvalue weighted by molar-refractivity contribution is 5.86. The van der Waals surface area contributed by atoms with Crippen LogP contribution in [0.5, 0.6) is 0 Å². The normalized spacial score (nSPS) is 19.6. The van der Waals surface area contributed by atoms with Gasteiger partial charge in [0.15, 0.2) is 0 Å². The molecule has 3 N–H and O–H groups in total.